The van der Waals surface area contributed by atoms with Crippen LogP contribution in [0.5, 0.6) is 0 Å². The Bertz CT molecular complexity index is 508. The van der Waals surface area contributed by atoms with Crippen LogP contribution in [0.4, 0.5) is 0 Å². The van der Waals surface area contributed by atoms with Crippen LogP contribution in [0.1, 0.15) is 83.3 Å². The molecule has 0 bridgehead atoms. The van der Waals surface area contributed by atoms with Gasteiger partial charge in [0, 0.05) is 26.1 Å². The molecule has 2 N–H and O–H groups in total. The first kappa shape index (κ1) is 19.7. The molecule has 0 aliphatic carbocycles. The number of nitrogens with one attached hydrogen (secondary N) is 2. The second kappa shape index (κ2) is 11.9. The zero-order chi connectivity index (χ0) is 17.7. The summed E-state index contributed by atoms with van der Waals surface area (Å²) in [6.07, 6.45) is 12.8. The van der Waals surface area contributed by atoms with Gasteiger partial charge in [0.25, 0.3) is 0 Å². The van der Waals surface area contributed by atoms with Crippen LogP contribution in [0, 0.1) is 0 Å². The summed E-state index contributed by atoms with van der Waals surface area (Å²) in [6, 6.07) is 0. The van der Waals surface area contributed by atoms with Crippen molar-refractivity contribution in [1.29, 1.82) is 0 Å². The van der Waals surface area contributed by atoms with Crippen LogP contribution in [-0.2, 0) is 19.5 Å². The number of rotatable bonds is 11. The summed E-state index contributed by atoms with van der Waals surface area (Å²) in [5.41, 5.74) is 0. The molecule has 0 atom stereocenters. The second-order valence-electron chi connectivity index (χ2n) is 6.88. The zero-order valence-corrected chi connectivity index (χ0v) is 16.2. The maximum Gasteiger partial charge on any atom is 0.191 e. The standard InChI is InChI=1S/C19H36N6/c1-3-5-6-7-8-9-11-14-21-19(20-4-2)22-16-18-24-23-17-13-10-12-15-25(17)18/h3-16H2,1-2H3,(H2,20,21,22). The van der Waals surface area contributed by atoms with Gasteiger partial charge in [0.2, 0.25) is 0 Å². The van der Waals surface area contributed by atoms with Gasteiger partial charge in [0.15, 0.2) is 11.8 Å². The smallest absolute Gasteiger partial charge is 0.191 e. The van der Waals surface area contributed by atoms with E-state index >= 15 is 0 Å². The van der Waals surface area contributed by atoms with Crippen molar-refractivity contribution in [2.24, 2.45) is 4.99 Å². The van der Waals surface area contributed by atoms with Crippen LogP contribution in [0.25, 0.3) is 0 Å². The molecular weight excluding hydrogens is 312 g/mol. The third kappa shape index (κ3) is 7.04. The Kier molecular flexibility index (Phi) is 9.37. The van der Waals surface area contributed by atoms with Gasteiger partial charge in [-0.3, -0.25) is 0 Å². The molecule has 6 nitrogen and oxygen atoms in total. The lowest BCUT2D eigenvalue weighted by atomic mass is 10.1. The maximum atomic E-state index is 4.69. The molecule has 25 heavy (non-hydrogen) atoms. The van der Waals surface area contributed by atoms with E-state index in [1.54, 1.807) is 0 Å². The molecule has 0 saturated heterocycles. The van der Waals surface area contributed by atoms with Gasteiger partial charge in [-0.05, 0) is 26.2 Å². The van der Waals surface area contributed by atoms with Gasteiger partial charge in [-0.2, -0.15) is 0 Å². The minimum atomic E-state index is 0.597. The molecule has 2 rings (SSSR count). The fraction of sp³-hybridized carbons (Fsp3) is 0.842. The number of aliphatic imine (C=N–C) groups is 1. The number of fused-ring (bicyclic) bond motifs is 1. The first-order valence-electron chi connectivity index (χ1n) is 10.3. The first-order chi connectivity index (χ1) is 12.3. The maximum absolute atomic E-state index is 4.69. The van der Waals surface area contributed by atoms with Gasteiger partial charge in [0.05, 0.1) is 0 Å². The van der Waals surface area contributed by atoms with Crippen LogP contribution < -0.4 is 10.6 Å². The Morgan fingerprint density at radius 1 is 1.00 bits per heavy atom. The monoisotopic (exact) mass is 348 g/mol. The van der Waals surface area contributed by atoms with Gasteiger partial charge < -0.3 is 15.2 Å². The average molecular weight is 349 g/mol. The number of nitrogens with zero attached hydrogens (tertiary/aromatic N) is 4. The zero-order valence-electron chi connectivity index (χ0n) is 16.2. The van der Waals surface area contributed by atoms with Crippen molar-refractivity contribution >= 4 is 5.96 Å². The summed E-state index contributed by atoms with van der Waals surface area (Å²) in [5, 5.41) is 15.4. The van der Waals surface area contributed by atoms with E-state index in [4.69, 9.17) is 4.99 Å². The van der Waals surface area contributed by atoms with Crippen molar-refractivity contribution in [3.63, 3.8) is 0 Å². The molecule has 0 amide bonds. The minimum Gasteiger partial charge on any atom is -0.357 e. The summed E-state index contributed by atoms with van der Waals surface area (Å²) in [7, 11) is 0. The Morgan fingerprint density at radius 3 is 2.60 bits per heavy atom. The summed E-state index contributed by atoms with van der Waals surface area (Å²) in [6.45, 7) is 7.86. The molecule has 0 unspecified atom stereocenters. The van der Waals surface area contributed by atoms with Crippen LogP contribution in [0.15, 0.2) is 4.99 Å². The number of hydrogen-bond donors (Lipinski definition) is 2. The van der Waals surface area contributed by atoms with Crippen LogP contribution >= 0.6 is 0 Å². The van der Waals surface area contributed by atoms with Gasteiger partial charge in [-0.25, -0.2) is 4.99 Å². The summed E-state index contributed by atoms with van der Waals surface area (Å²) >= 11 is 0. The third-order valence-electron chi connectivity index (χ3n) is 4.73. The molecule has 0 saturated carbocycles. The number of hydrogen-bond acceptors (Lipinski definition) is 3. The fourth-order valence-corrected chi connectivity index (χ4v) is 3.27. The van der Waals surface area contributed by atoms with Crippen molar-refractivity contribution in [2.75, 3.05) is 13.1 Å². The highest BCUT2D eigenvalue weighted by atomic mass is 15.3. The molecule has 6 heteroatoms. The Labute approximate surface area is 152 Å². The van der Waals surface area contributed by atoms with Crippen LogP contribution in [-0.4, -0.2) is 33.8 Å². The molecule has 0 aromatic carbocycles. The highest BCUT2D eigenvalue weighted by Gasteiger charge is 2.15. The SMILES string of the molecule is CCCCCCCCCNC(=NCc1nnc2n1CCCC2)NCC. The van der Waals surface area contributed by atoms with E-state index in [-0.39, 0.29) is 0 Å². The molecule has 0 radical (unpaired) electrons. The Hall–Kier alpha value is -1.59. The van der Waals surface area contributed by atoms with Gasteiger partial charge in [0.1, 0.15) is 12.4 Å². The molecule has 0 fully saturated rings. The summed E-state index contributed by atoms with van der Waals surface area (Å²) in [4.78, 5) is 4.69. The van der Waals surface area contributed by atoms with E-state index in [1.807, 2.05) is 0 Å². The summed E-state index contributed by atoms with van der Waals surface area (Å²) in [5.74, 6) is 3.00. The second-order valence-corrected chi connectivity index (χ2v) is 6.88. The van der Waals surface area contributed by atoms with Crippen LogP contribution in [0.2, 0.25) is 0 Å². The number of guanidine groups is 1. The predicted octanol–water partition coefficient (Wildman–Crippen LogP) is 3.42. The van der Waals surface area contributed by atoms with E-state index in [9.17, 15) is 0 Å². The lowest BCUT2D eigenvalue weighted by Gasteiger charge is -2.14. The molecule has 1 aliphatic rings. The van der Waals surface area contributed by atoms with Crippen molar-refractivity contribution in [2.45, 2.75) is 91.1 Å². The largest absolute Gasteiger partial charge is 0.357 e. The number of aryl methyl sites for hydroxylation is 1. The highest BCUT2D eigenvalue weighted by Crippen LogP contribution is 2.14. The van der Waals surface area contributed by atoms with Crippen molar-refractivity contribution in [1.82, 2.24) is 25.4 Å². The van der Waals surface area contributed by atoms with E-state index in [0.717, 1.165) is 43.7 Å². The minimum absolute atomic E-state index is 0.597. The van der Waals surface area contributed by atoms with E-state index in [2.05, 4.69) is 39.2 Å². The predicted molar refractivity (Wildman–Crippen MR) is 104 cm³/mol. The molecule has 1 aromatic heterocycles. The molecule has 1 aromatic rings. The third-order valence-corrected chi connectivity index (χ3v) is 4.73. The highest BCUT2D eigenvalue weighted by molar-refractivity contribution is 5.79. The number of unbranched alkanes of at least 4 members (excludes halogenated alkanes) is 6. The fourth-order valence-electron chi connectivity index (χ4n) is 3.27. The van der Waals surface area contributed by atoms with Gasteiger partial charge in [-0.1, -0.05) is 45.4 Å². The number of aromatic nitrogens is 3. The quantitative estimate of drug-likeness (QED) is 0.365. The molecule has 1 aliphatic heterocycles. The lowest BCUT2D eigenvalue weighted by Crippen LogP contribution is -2.37. The normalized spacial score (nSPS) is 14.4. The lowest BCUT2D eigenvalue weighted by molar-refractivity contribution is 0.508. The topological polar surface area (TPSA) is 67.1 Å². The van der Waals surface area contributed by atoms with E-state index in [1.165, 1.54) is 57.8 Å². The van der Waals surface area contributed by atoms with E-state index < -0.39 is 0 Å². The van der Waals surface area contributed by atoms with Gasteiger partial charge in [-0.15, -0.1) is 10.2 Å². The Morgan fingerprint density at radius 2 is 1.80 bits per heavy atom. The molecule has 142 valence electrons. The van der Waals surface area contributed by atoms with Crippen molar-refractivity contribution < 1.29 is 0 Å². The first-order valence-corrected chi connectivity index (χ1v) is 10.3. The van der Waals surface area contributed by atoms with Gasteiger partial charge >= 0.3 is 0 Å². The summed E-state index contributed by atoms with van der Waals surface area (Å²) < 4.78 is 2.24. The van der Waals surface area contributed by atoms with Crippen molar-refractivity contribution in [3.8, 4) is 0 Å². The molecular formula is C19H36N6. The molecule has 2 heterocycles. The average Bonchev–Trinajstić information content (AvgIpc) is 3.05. The van der Waals surface area contributed by atoms with Crippen LogP contribution in [0.3, 0.4) is 0 Å². The van der Waals surface area contributed by atoms with E-state index in [0.29, 0.717) is 6.54 Å². The molecule has 0 spiro atoms. The van der Waals surface area contributed by atoms with Crippen molar-refractivity contribution in [3.05, 3.63) is 11.6 Å². The Balaban J connectivity index is 1.70.